The number of aliphatic hydroxyl groups excluding tert-OH is 1. The summed E-state index contributed by atoms with van der Waals surface area (Å²) in [6.45, 7) is 6.54. The molecule has 7 nitrogen and oxygen atoms in total. The molecule has 0 spiro atoms. The maximum absolute atomic E-state index is 13.2. The number of hydrogen-bond acceptors (Lipinski definition) is 6. The normalized spacial score (nSPS) is 16.8. The summed E-state index contributed by atoms with van der Waals surface area (Å²) < 4.78 is 11.1. The lowest BCUT2D eigenvalue weighted by Crippen LogP contribution is -2.29. The van der Waals surface area contributed by atoms with Gasteiger partial charge in [-0.1, -0.05) is 24.8 Å². The number of hydrogen-bond donors (Lipinski definition) is 1. The summed E-state index contributed by atoms with van der Waals surface area (Å²) in [5, 5.41) is 11.2. The number of Topliss-reactive ketones (excluding diaryl/α,β-unsaturated/α-hetero) is 1. The molecule has 2 heterocycles. The molecule has 3 aromatic rings. The first kappa shape index (κ1) is 23.8. The smallest absolute Gasteiger partial charge is 0.295 e. The van der Waals surface area contributed by atoms with Gasteiger partial charge in [0.05, 0.1) is 18.2 Å². The molecule has 1 aromatic heterocycles. The molecule has 2 aromatic carbocycles. The van der Waals surface area contributed by atoms with Crippen LogP contribution in [0.25, 0.3) is 5.76 Å². The maximum atomic E-state index is 13.2. The molecule has 1 fully saturated rings. The summed E-state index contributed by atoms with van der Waals surface area (Å²) in [5.41, 5.74) is 1.90. The Kier molecular flexibility index (Phi) is 7.26. The zero-order valence-electron chi connectivity index (χ0n) is 19.4. The van der Waals surface area contributed by atoms with Gasteiger partial charge in [-0.25, -0.2) is 0 Å². The second-order valence-corrected chi connectivity index (χ2v) is 7.91. The van der Waals surface area contributed by atoms with E-state index in [2.05, 4.69) is 11.6 Å². The summed E-state index contributed by atoms with van der Waals surface area (Å²) in [7, 11) is 0. The Morgan fingerprint density at radius 3 is 2.49 bits per heavy atom. The molecule has 0 bridgehead atoms. The van der Waals surface area contributed by atoms with Gasteiger partial charge in [0.15, 0.2) is 0 Å². The molecule has 1 aliphatic heterocycles. The molecule has 1 atom stereocenters. The van der Waals surface area contributed by atoms with E-state index in [0.717, 1.165) is 5.56 Å². The van der Waals surface area contributed by atoms with E-state index in [0.29, 0.717) is 35.8 Å². The molecule has 1 aliphatic rings. The molecule has 1 N–H and O–H groups in total. The second kappa shape index (κ2) is 10.7. The second-order valence-electron chi connectivity index (χ2n) is 7.91. The van der Waals surface area contributed by atoms with Crippen LogP contribution in [0.1, 0.15) is 29.7 Å². The minimum atomic E-state index is -0.804. The zero-order valence-corrected chi connectivity index (χ0v) is 19.4. The number of aliphatic hydroxyl groups is 1. The quantitative estimate of drug-likeness (QED) is 0.212. The summed E-state index contributed by atoms with van der Waals surface area (Å²) in [6, 6.07) is 16.7. The molecule has 1 saturated heterocycles. The van der Waals surface area contributed by atoms with Crippen molar-refractivity contribution in [3.8, 4) is 11.5 Å². The SMILES string of the molecule is C=CCOc1cccc(C2C(=C(O)c3ccc(OCC)cc3)C(=O)C(=O)N2Cc2ccncc2)c1. The van der Waals surface area contributed by atoms with Crippen LogP contribution in [0.4, 0.5) is 0 Å². The van der Waals surface area contributed by atoms with Crippen molar-refractivity contribution >= 4 is 17.4 Å². The number of amides is 1. The van der Waals surface area contributed by atoms with Crippen molar-refractivity contribution in [3.63, 3.8) is 0 Å². The predicted molar refractivity (Wildman–Crippen MR) is 132 cm³/mol. The molecule has 1 amide bonds. The number of nitrogens with zero attached hydrogens (tertiary/aromatic N) is 2. The molecule has 7 heteroatoms. The molecule has 0 saturated carbocycles. The van der Waals surface area contributed by atoms with Crippen LogP contribution in [0, 0.1) is 0 Å². The number of carbonyl (C=O) groups excluding carboxylic acids is 2. The fourth-order valence-corrected chi connectivity index (χ4v) is 4.04. The highest BCUT2D eigenvalue weighted by Gasteiger charge is 2.46. The van der Waals surface area contributed by atoms with Crippen LogP contribution in [0.5, 0.6) is 11.5 Å². The van der Waals surface area contributed by atoms with Crippen LogP contribution in [-0.4, -0.2) is 39.9 Å². The van der Waals surface area contributed by atoms with Crippen LogP contribution in [-0.2, 0) is 16.1 Å². The third kappa shape index (κ3) is 5.09. The van der Waals surface area contributed by atoms with E-state index in [1.165, 1.54) is 4.90 Å². The number of likely N-dealkylation sites (tertiary alicyclic amines) is 1. The molecule has 35 heavy (non-hydrogen) atoms. The van der Waals surface area contributed by atoms with E-state index in [9.17, 15) is 14.7 Å². The van der Waals surface area contributed by atoms with E-state index in [1.807, 2.05) is 13.0 Å². The number of benzene rings is 2. The summed E-state index contributed by atoms with van der Waals surface area (Å²) in [6.07, 6.45) is 4.89. The first-order valence-electron chi connectivity index (χ1n) is 11.3. The highest BCUT2D eigenvalue weighted by molar-refractivity contribution is 6.46. The lowest BCUT2D eigenvalue weighted by molar-refractivity contribution is -0.140. The number of ketones is 1. The minimum absolute atomic E-state index is 0.0223. The predicted octanol–water partition coefficient (Wildman–Crippen LogP) is 4.67. The van der Waals surface area contributed by atoms with Crippen molar-refractivity contribution in [1.29, 1.82) is 0 Å². The monoisotopic (exact) mass is 470 g/mol. The van der Waals surface area contributed by atoms with Crippen LogP contribution >= 0.6 is 0 Å². The number of carbonyl (C=O) groups is 2. The Morgan fingerprint density at radius 1 is 1.06 bits per heavy atom. The fraction of sp³-hybridized carbons (Fsp3) is 0.179. The zero-order chi connectivity index (χ0) is 24.8. The average molecular weight is 471 g/mol. The lowest BCUT2D eigenvalue weighted by Gasteiger charge is -2.25. The van der Waals surface area contributed by atoms with E-state index >= 15 is 0 Å². The van der Waals surface area contributed by atoms with Gasteiger partial charge in [-0.15, -0.1) is 0 Å². The molecule has 0 aliphatic carbocycles. The number of ether oxygens (including phenoxy) is 2. The van der Waals surface area contributed by atoms with Crippen molar-refractivity contribution in [1.82, 2.24) is 9.88 Å². The van der Waals surface area contributed by atoms with Gasteiger partial charge in [-0.05, 0) is 66.6 Å². The molecular formula is C28H26N2O5. The van der Waals surface area contributed by atoms with Gasteiger partial charge in [0.25, 0.3) is 11.7 Å². The summed E-state index contributed by atoms with van der Waals surface area (Å²) in [5.74, 6) is -0.459. The Bertz CT molecular complexity index is 1250. The van der Waals surface area contributed by atoms with Gasteiger partial charge in [0.2, 0.25) is 0 Å². The first-order chi connectivity index (χ1) is 17.0. The van der Waals surface area contributed by atoms with Crippen molar-refractivity contribution < 1.29 is 24.2 Å². The van der Waals surface area contributed by atoms with E-state index in [4.69, 9.17) is 9.47 Å². The van der Waals surface area contributed by atoms with Gasteiger partial charge in [0, 0.05) is 24.5 Å². The largest absolute Gasteiger partial charge is 0.507 e. The molecule has 178 valence electrons. The lowest BCUT2D eigenvalue weighted by atomic mass is 9.95. The minimum Gasteiger partial charge on any atom is -0.507 e. The molecular weight excluding hydrogens is 444 g/mol. The standard InChI is InChI=1S/C28H26N2O5/c1-3-16-35-23-7-5-6-21(17-23)25-24(26(31)20-8-10-22(11-9-20)34-4-2)27(32)28(33)30(25)18-19-12-14-29-15-13-19/h3,5-15,17,25,31H,1,4,16,18H2,2H3. The van der Waals surface area contributed by atoms with Crippen molar-refractivity contribution in [2.45, 2.75) is 19.5 Å². The highest BCUT2D eigenvalue weighted by Crippen LogP contribution is 2.41. The van der Waals surface area contributed by atoms with Gasteiger partial charge in [0.1, 0.15) is 23.9 Å². The summed E-state index contributed by atoms with van der Waals surface area (Å²) in [4.78, 5) is 31.9. The molecule has 0 radical (unpaired) electrons. The summed E-state index contributed by atoms with van der Waals surface area (Å²) >= 11 is 0. The molecule has 1 unspecified atom stereocenters. The number of rotatable bonds is 9. The molecule has 4 rings (SSSR count). The van der Waals surface area contributed by atoms with Crippen LogP contribution < -0.4 is 9.47 Å². The van der Waals surface area contributed by atoms with E-state index in [-0.39, 0.29) is 17.9 Å². The van der Waals surface area contributed by atoms with Gasteiger partial charge < -0.3 is 19.5 Å². The van der Waals surface area contributed by atoms with Crippen molar-refractivity contribution in [3.05, 3.63) is 108 Å². The van der Waals surface area contributed by atoms with E-state index in [1.54, 1.807) is 73.1 Å². The third-order valence-electron chi connectivity index (χ3n) is 5.62. The maximum Gasteiger partial charge on any atom is 0.295 e. The Balaban J connectivity index is 1.81. The highest BCUT2D eigenvalue weighted by atomic mass is 16.5. The van der Waals surface area contributed by atoms with Crippen molar-refractivity contribution in [2.24, 2.45) is 0 Å². The Morgan fingerprint density at radius 2 is 1.80 bits per heavy atom. The van der Waals surface area contributed by atoms with E-state index < -0.39 is 17.7 Å². The number of aromatic nitrogens is 1. The average Bonchev–Trinajstić information content (AvgIpc) is 3.13. The van der Waals surface area contributed by atoms with Gasteiger partial charge in [-0.3, -0.25) is 14.6 Å². The topological polar surface area (TPSA) is 89.0 Å². The Hall–Kier alpha value is -4.39. The first-order valence-corrected chi connectivity index (χ1v) is 11.3. The van der Waals surface area contributed by atoms with Crippen molar-refractivity contribution in [2.75, 3.05) is 13.2 Å². The third-order valence-corrected chi connectivity index (χ3v) is 5.62. The van der Waals surface area contributed by atoms with Crippen LogP contribution in [0.15, 0.2) is 91.3 Å². The van der Waals surface area contributed by atoms with Crippen LogP contribution in [0.3, 0.4) is 0 Å². The van der Waals surface area contributed by atoms with Crippen LogP contribution in [0.2, 0.25) is 0 Å². The van der Waals surface area contributed by atoms with Gasteiger partial charge in [-0.2, -0.15) is 0 Å². The van der Waals surface area contributed by atoms with Gasteiger partial charge >= 0.3 is 0 Å². The number of pyridine rings is 1. The fourth-order valence-electron chi connectivity index (χ4n) is 4.04. The Labute approximate surface area is 203 Å².